The highest BCUT2D eigenvalue weighted by atomic mass is 16.2. The Kier molecular flexibility index (Phi) is 3.74. The molecule has 2 aliphatic heterocycles. The molecule has 3 rings (SSSR count). The lowest BCUT2D eigenvalue weighted by Gasteiger charge is -2.41. The van der Waals surface area contributed by atoms with Crippen LogP contribution in [0.5, 0.6) is 0 Å². The molecular weight excluding hydrogens is 250 g/mol. The van der Waals surface area contributed by atoms with Crippen LogP contribution in [0.3, 0.4) is 0 Å². The van der Waals surface area contributed by atoms with Crippen LogP contribution >= 0.6 is 0 Å². The molecule has 20 heavy (non-hydrogen) atoms. The van der Waals surface area contributed by atoms with Crippen LogP contribution in [0.2, 0.25) is 0 Å². The third-order valence-corrected chi connectivity index (χ3v) is 4.69. The summed E-state index contributed by atoms with van der Waals surface area (Å²) in [7, 11) is 5.88. The van der Waals surface area contributed by atoms with Crippen LogP contribution < -0.4 is 0 Å². The van der Waals surface area contributed by atoms with E-state index in [1.54, 1.807) is 12.4 Å². The number of likely N-dealkylation sites (tertiary alicyclic amines) is 2. The summed E-state index contributed by atoms with van der Waals surface area (Å²) < 4.78 is 0. The van der Waals surface area contributed by atoms with Gasteiger partial charge in [0.1, 0.15) is 0 Å². The molecule has 106 valence electrons. The van der Waals surface area contributed by atoms with Gasteiger partial charge >= 0.3 is 0 Å². The van der Waals surface area contributed by atoms with Crippen molar-refractivity contribution in [1.29, 1.82) is 0 Å². The Morgan fingerprint density at radius 3 is 2.30 bits per heavy atom. The first kappa shape index (κ1) is 13.6. The van der Waals surface area contributed by atoms with Gasteiger partial charge in [-0.2, -0.15) is 0 Å². The SMILES string of the molecule is [CH]N1CCC(C(=O)N2CCCC2)(c2ccncc2)CC1. The fourth-order valence-corrected chi connectivity index (χ4v) is 3.43. The van der Waals surface area contributed by atoms with Crippen LogP contribution in [-0.4, -0.2) is 46.9 Å². The molecule has 1 aromatic heterocycles. The first-order chi connectivity index (χ1) is 9.72. The van der Waals surface area contributed by atoms with Crippen LogP contribution in [0.25, 0.3) is 0 Å². The molecule has 0 aliphatic carbocycles. The standard InChI is InChI=1S/C16H21N3O/c1-18-12-6-16(7-13-18,14-4-8-17-9-5-14)15(20)19-10-2-3-11-19/h1,4-5,8-9H,2-3,6-7,10-13H2. The first-order valence-corrected chi connectivity index (χ1v) is 7.42. The van der Waals surface area contributed by atoms with Gasteiger partial charge in [0, 0.05) is 32.5 Å². The summed E-state index contributed by atoms with van der Waals surface area (Å²) in [6.45, 7) is 3.33. The van der Waals surface area contributed by atoms with Crippen molar-refractivity contribution in [2.45, 2.75) is 31.1 Å². The average Bonchev–Trinajstić information content (AvgIpc) is 3.03. The van der Waals surface area contributed by atoms with Crippen LogP contribution in [0.4, 0.5) is 0 Å². The molecule has 0 unspecified atom stereocenters. The minimum absolute atomic E-state index is 0.286. The highest BCUT2D eigenvalue weighted by molar-refractivity contribution is 5.88. The monoisotopic (exact) mass is 271 g/mol. The summed E-state index contributed by atoms with van der Waals surface area (Å²) in [5.41, 5.74) is 0.695. The topological polar surface area (TPSA) is 36.4 Å². The van der Waals surface area contributed by atoms with Crippen LogP contribution in [-0.2, 0) is 10.2 Å². The maximum Gasteiger partial charge on any atom is 0.233 e. The van der Waals surface area contributed by atoms with Gasteiger partial charge in [-0.3, -0.25) is 14.7 Å². The Morgan fingerprint density at radius 2 is 1.70 bits per heavy atom. The lowest BCUT2D eigenvalue weighted by atomic mass is 9.72. The largest absolute Gasteiger partial charge is 0.342 e. The molecule has 2 radical (unpaired) electrons. The van der Waals surface area contributed by atoms with Crippen molar-refractivity contribution in [3.05, 3.63) is 37.1 Å². The molecule has 4 nitrogen and oxygen atoms in total. The molecule has 0 aromatic carbocycles. The second-order valence-electron chi connectivity index (χ2n) is 5.85. The lowest BCUT2D eigenvalue weighted by Crippen LogP contribution is -2.51. The summed E-state index contributed by atoms with van der Waals surface area (Å²) in [5.74, 6) is 0.286. The van der Waals surface area contributed by atoms with Crippen molar-refractivity contribution in [2.75, 3.05) is 26.2 Å². The summed E-state index contributed by atoms with van der Waals surface area (Å²) in [6.07, 6.45) is 7.40. The van der Waals surface area contributed by atoms with Crippen molar-refractivity contribution in [3.8, 4) is 0 Å². The Morgan fingerprint density at radius 1 is 1.10 bits per heavy atom. The molecular formula is C16H21N3O. The molecule has 0 spiro atoms. The quantitative estimate of drug-likeness (QED) is 0.821. The Labute approximate surface area is 120 Å². The molecule has 0 bridgehead atoms. The lowest BCUT2D eigenvalue weighted by molar-refractivity contribution is -0.138. The van der Waals surface area contributed by atoms with E-state index in [9.17, 15) is 4.79 Å². The van der Waals surface area contributed by atoms with E-state index in [0.29, 0.717) is 0 Å². The molecule has 0 atom stereocenters. The fourth-order valence-electron chi connectivity index (χ4n) is 3.43. The molecule has 3 heterocycles. The van der Waals surface area contributed by atoms with Gasteiger partial charge in [0.15, 0.2) is 0 Å². The van der Waals surface area contributed by atoms with E-state index < -0.39 is 5.41 Å². The van der Waals surface area contributed by atoms with Crippen molar-refractivity contribution in [3.63, 3.8) is 0 Å². The number of nitrogens with zero attached hydrogens (tertiary/aromatic N) is 3. The molecule has 4 heteroatoms. The number of hydrogen-bond acceptors (Lipinski definition) is 3. The van der Waals surface area contributed by atoms with Gasteiger partial charge in [0.05, 0.1) is 5.41 Å². The summed E-state index contributed by atoms with van der Waals surface area (Å²) in [5, 5.41) is 0. The Bertz CT molecular complexity index is 460. The second-order valence-corrected chi connectivity index (χ2v) is 5.85. The number of aromatic nitrogens is 1. The maximum absolute atomic E-state index is 13.1. The molecule has 0 N–H and O–H groups in total. The smallest absolute Gasteiger partial charge is 0.233 e. The first-order valence-electron chi connectivity index (χ1n) is 7.42. The van der Waals surface area contributed by atoms with Crippen molar-refractivity contribution in [2.24, 2.45) is 0 Å². The molecule has 0 saturated carbocycles. The van der Waals surface area contributed by atoms with E-state index in [4.69, 9.17) is 7.05 Å². The Hall–Kier alpha value is -1.42. The molecule has 1 aromatic rings. The highest BCUT2D eigenvalue weighted by Gasteiger charge is 2.44. The van der Waals surface area contributed by atoms with Crippen LogP contribution in [0, 0.1) is 7.05 Å². The molecule has 2 aliphatic rings. The van der Waals surface area contributed by atoms with E-state index in [-0.39, 0.29) is 5.91 Å². The molecule has 2 fully saturated rings. The third kappa shape index (κ3) is 2.33. The number of piperidine rings is 1. The van der Waals surface area contributed by atoms with E-state index in [2.05, 4.69) is 4.98 Å². The zero-order chi connectivity index (χ0) is 14.0. The van der Waals surface area contributed by atoms with Gasteiger partial charge in [-0.15, -0.1) is 0 Å². The third-order valence-electron chi connectivity index (χ3n) is 4.69. The van der Waals surface area contributed by atoms with Gasteiger partial charge in [0.2, 0.25) is 5.91 Å². The molecule has 2 saturated heterocycles. The zero-order valence-electron chi connectivity index (χ0n) is 11.8. The summed E-state index contributed by atoms with van der Waals surface area (Å²) in [6, 6.07) is 3.97. The minimum Gasteiger partial charge on any atom is -0.342 e. The maximum atomic E-state index is 13.1. The number of pyridine rings is 1. The number of carbonyl (C=O) groups is 1. The van der Waals surface area contributed by atoms with Gasteiger partial charge in [-0.25, -0.2) is 0 Å². The average molecular weight is 271 g/mol. The predicted octanol–water partition coefficient (Wildman–Crippen LogP) is 1.71. The highest BCUT2D eigenvalue weighted by Crippen LogP contribution is 2.37. The molecule has 1 amide bonds. The van der Waals surface area contributed by atoms with E-state index in [1.165, 1.54) is 0 Å². The van der Waals surface area contributed by atoms with E-state index in [1.807, 2.05) is 21.9 Å². The van der Waals surface area contributed by atoms with Gasteiger partial charge in [-0.05, 0) is 56.5 Å². The summed E-state index contributed by atoms with van der Waals surface area (Å²) >= 11 is 0. The predicted molar refractivity (Wildman–Crippen MR) is 76.8 cm³/mol. The number of rotatable bonds is 2. The van der Waals surface area contributed by atoms with Crippen LogP contribution in [0.15, 0.2) is 24.5 Å². The number of carbonyl (C=O) groups excluding carboxylic acids is 1. The van der Waals surface area contributed by atoms with E-state index >= 15 is 0 Å². The van der Waals surface area contributed by atoms with Gasteiger partial charge in [-0.1, -0.05) is 0 Å². The second kappa shape index (κ2) is 5.52. The van der Waals surface area contributed by atoms with Crippen LogP contribution in [0.1, 0.15) is 31.2 Å². The van der Waals surface area contributed by atoms with Crippen molar-refractivity contribution in [1.82, 2.24) is 14.8 Å². The van der Waals surface area contributed by atoms with E-state index in [0.717, 1.165) is 57.4 Å². The zero-order valence-corrected chi connectivity index (χ0v) is 11.8. The minimum atomic E-state index is -0.400. The number of hydrogen-bond donors (Lipinski definition) is 0. The van der Waals surface area contributed by atoms with Gasteiger partial charge < -0.3 is 4.90 Å². The van der Waals surface area contributed by atoms with Gasteiger partial charge in [0.25, 0.3) is 0 Å². The van der Waals surface area contributed by atoms with Crippen molar-refractivity contribution >= 4 is 5.91 Å². The fraction of sp³-hybridized carbons (Fsp3) is 0.562. The number of amides is 1. The summed E-state index contributed by atoms with van der Waals surface area (Å²) in [4.78, 5) is 21.0. The van der Waals surface area contributed by atoms with Crippen molar-refractivity contribution < 1.29 is 4.79 Å². The Balaban J connectivity index is 1.93. The normalized spacial score (nSPS) is 22.9.